The molecule has 0 amide bonds. The Morgan fingerprint density at radius 3 is 2.10 bits per heavy atom. The second-order valence-electron chi connectivity index (χ2n) is 3.88. The van der Waals surface area contributed by atoms with Crippen molar-refractivity contribution in [1.82, 2.24) is 0 Å². The summed E-state index contributed by atoms with van der Waals surface area (Å²) in [6.07, 6.45) is 0. The Bertz CT molecular complexity index is 758. The minimum absolute atomic E-state index is 0.0849. The molecule has 0 unspecified atom stereocenters. The quantitative estimate of drug-likeness (QED) is 0.665. The number of non-ortho nitro benzene ring substituents is 1. The monoisotopic (exact) mass is 310 g/mol. The lowest BCUT2D eigenvalue weighted by molar-refractivity contribution is -0.384. The Labute approximate surface area is 120 Å². The van der Waals surface area contributed by atoms with E-state index >= 15 is 0 Å². The Morgan fingerprint density at radius 1 is 1.00 bits per heavy atom. The lowest BCUT2D eigenvalue weighted by atomic mass is 10.3. The summed E-state index contributed by atoms with van der Waals surface area (Å²) < 4.78 is 31.9. The predicted molar refractivity (Wildman–Crippen MR) is 73.3 cm³/mol. The lowest BCUT2D eigenvalue weighted by Gasteiger charge is -2.10. The molecule has 0 aliphatic heterocycles. The topological polar surface area (TPSA) is 122 Å². The number of hydrogen-bond acceptors (Lipinski definition) is 6. The Balaban J connectivity index is 2.25. The van der Waals surface area contributed by atoms with E-state index in [1.807, 2.05) is 0 Å². The van der Waals surface area contributed by atoms with Crippen molar-refractivity contribution in [2.45, 2.75) is 0 Å². The van der Waals surface area contributed by atoms with E-state index in [1.165, 1.54) is 36.4 Å². The van der Waals surface area contributed by atoms with Crippen molar-refractivity contribution in [2.24, 2.45) is 5.14 Å². The van der Waals surface area contributed by atoms with Crippen LogP contribution in [-0.4, -0.2) is 13.3 Å². The molecule has 0 radical (unpaired) electrons. The van der Waals surface area contributed by atoms with E-state index in [9.17, 15) is 18.5 Å². The molecule has 110 valence electrons. The first-order chi connectivity index (χ1) is 9.85. The van der Waals surface area contributed by atoms with E-state index in [1.54, 1.807) is 12.1 Å². The zero-order chi connectivity index (χ0) is 15.5. The summed E-state index contributed by atoms with van der Waals surface area (Å²) in [6.45, 7) is 0. The average Bonchev–Trinajstić information content (AvgIpc) is 2.40. The largest absolute Gasteiger partial charge is 0.453 e. The molecule has 9 heteroatoms. The number of para-hydroxylation sites is 2. The third kappa shape index (κ3) is 4.16. The Morgan fingerprint density at radius 2 is 1.57 bits per heavy atom. The zero-order valence-electron chi connectivity index (χ0n) is 10.5. The molecule has 0 heterocycles. The van der Waals surface area contributed by atoms with Gasteiger partial charge in [-0.05, 0) is 24.3 Å². The fourth-order valence-corrected chi connectivity index (χ4v) is 1.88. The molecular weight excluding hydrogens is 300 g/mol. The van der Waals surface area contributed by atoms with Crippen LogP contribution < -0.4 is 14.1 Å². The van der Waals surface area contributed by atoms with E-state index in [2.05, 4.69) is 4.18 Å². The summed E-state index contributed by atoms with van der Waals surface area (Å²) in [5, 5.41) is 15.3. The summed E-state index contributed by atoms with van der Waals surface area (Å²) in [4.78, 5) is 10.0. The van der Waals surface area contributed by atoms with E-state index < -0.39 is 15.2 Å². The molecule has 2 rings (SSSR count). The number of ether oxygens (including phenoxy) is 1. The molecule has 0 saturated carbocycles. The van der Waals surface area contributed by atoms with Crippen LogP contribution in [0.25, 0.3) is 0 Å². The second-order valence-corrected chi connectivity index (χ2v) is 5.03. The maximum Gasteiger partial charge on any atom is 0.380 e. The molecule has 0 aliphatic rings. The van der Waals surface area contributed by atoms with E-state index in [0.29, 0.717) is 0 Å². The molecule has 0 aromatic heterocycles. The van der Waals surface area contributed by atoms with Crippen molar-refractivity contribution in [3.05, 3.63) is 58.6 Å². The van der Waals surface area contributed by atoms with Crippen molar-refractivity contribution < 1.29 is 22.3 Å². The summed E-state index contributed by atoms with van der Waals surface area (Å²) in [5.74, 6) is 0.310. The standard InChI is InChI=1S/C12H10N2O6S/c13-21(17,18)20-12-4-2-1-3-11(12)19-10-7-5-9(6-8-10)14(15)16/h1-8H,(H2,13,17,18). The van der Waals surface area contributed by atoms with Crippen LogP contribution in [0.3, 0.4) is 0 Å². The van der Waals surface area contributed by atoms with Crippen LogP contribution in [0.4, 0.5) is 5.69 Å². The lowest BCUT2D eigenvalue weighted by Crippen LogP contribution is -2.19. The number of rotatable bonds is 5. The molecule has 0 atom stereocenters. The van der Waals surface area contributed by atoms with Gasteiger partial charge in [0.05, 0.1) is 4.92 Å². The number of hydrogen-bond donors (Lipinski definition) is 1. The Kier molecular flexibility index (Phi) is 4.05. The molecule has 0 fully saturated rings. The zero-order valence-corrected chi connectivity index (χ0v) is 11.3. The van der Waals surface area contributed by atoms with Crippen LogP contribution in [0.1, 0.15) is 0 Å². The van der Waals surface area contributed by atoms with Crippen LogP contribution in [0.5, 0.6) is 17.2 Å². The fraction of sp³-hybridized carbons (Fsp3) is 0. The van der Waals surface area contributed by atoms with Gasteiger partial charge in [-0.25, -0.2) is 0 Å². The predicted octanol–water partition coefficient (Wildman–Crippen LogP) is 1.97. The average molecular weight is 310 g/mol. The minimum Gasteiger partial charge on any atom is -0.453 e. The first kappa shape index (κ1) is 14.8. The van der Waals surface area contributed by atoms with Gasteiger partial charge in [-0.1, -0.05) is 12.1 Å². The van der Waals surface area contributed by atoms with Gasteiger partial charge in [0.15, 0.2) is 11.5 Å². The molecule has 8 nitrogen and oxygen atoms in total. The van der Waals surface area contributed by atoms with Gasteiger partial charge in [0.2, 0.25) is 0 Å². The van der Waals surface area contributed by atoms with E-state index in [-0.39, 0.29) is 22.9 Å². The molecule has 2 aromatic rings. The van der Waals surface area contributed by atoms with Crippen LogP contribution >= 0.6 is 0 Å². The number of nitrogens with zero attached hydrogens (tertiary/aromatic N) is 1. The molecule has 21 heavy (non-hydrogen) atoms. The smallest absolute Gasteiger partial charge is 0.380 e. The highest BCUT2D eigenvalue weighted by Crippen LogP contribution is 2.32. The third-order valence-corrected chi connectivity index (χ3v) is 2.74. The summed E-state index contributed by atoms with van der Waals surface area (Å²) in [7, 11) is -4.18. The van der Waals surface area contributed by atoms with Crippen molar-refractivity contribution >= 4 is 16.0 Å². The number of nitro groups is 1. The highest BCUT2D eigenvalue weighted by molar-refractivity contribution is 7.84. The van der Waals surface area contributed by atoms with Gasteiger partial charge in [0.25, 0.3) is 5.69 Å². The number of nitrogens with two attached hydrogens (primary N) is 1. The highest BCUT2D eigenvalue weighted by atomic mass is 32.2. The number of benzene rings is 2. The second kappa shape index (κ2) is 5.77. The van der Waals surface area contributed by atoms with Gasteiger partial charge < -0.3 is 8.92 Å². The SMILES string of the molecule is NS(=O)(=O)Oc1ccccc1Oc1ccc([N+](=O)[O-])cc1. The normalized spacial score (nSPS) is 10.9. The highest BCUT2D eigenvalue weighted by Gasteiger charge is 2.12. The van der Waals surface area contributed by atoms with Crippen molar-refractivity contribution in [3.8, 4) is 17.2 Å². The van der Waals surface area contributed by atoms with Crippen molar-refractivity contribution in [3.63, 3.8) is 0 Å². The fourth-order valence-electron chi connectivity index (χ4n) is 1.49. The van der Waals surface area contributed by atoms with Gasteiger partial charge in [-0.3, -0.25) is 10.1 Å². The third-order valence-electron chi connectivity index (χ3n) is 2.33. The molecule has 2 aromatic carbocycles. The first-order valence-corrected chi connectivity index (χ1v) is 7.06. The maximum atomic E-state index is 10.9. The molecule has 0 saturated heterocycles. The van der Waals surface area contributed by atoms with Gasteiger partial charge in [-0.15, -0.1) is 0 Å². The molecule has 2 N–H and O–H groups in total. The van der Waals surface area contributed by atoms with Gasteiger partial charge in [-0.2, -0.15) is 13.6 Å². The Hall–Kier alpha value is -2.65. The summed E-state index contributed by atoms with van der Waals surface area (Å²) in [6, 6.07) is 11.3. The molecular formula is C12H10N2O6S. The molecule has 0 bridgehead atoms. The van der Waals surface area contributed by atoms with Gasteiger partial charge in [0, 0.05) is 12.1 Å². The summed E-state index contributed by atoms with van der Waals surface area (Å²) in [5.41, 5.74) is -0.0866. The van der Waals surface area contributed by atoms with Crippen LogP contribution in [-0.2, 0) is 10.3 Å². The van der Waals surface area contributed by atoms with Gasteiger partial charge in [0.1, 0.15) is 5.75 Å². The molecule has 0 spiro atoms. The van der Waals surface area contributed by atoms with E-state index in [4.69, 9.17) is 9.88 Å². The number of nitro benzene ring substituents is 1. The van der Waals surface area contributed by atoms with Crippen molar-refractivity contribution in [2.75, 3.05) is 0 Å². The van der Waals surface area contributed by atoms with Crippen LogP contribution in [0, 0.1) is 10.1 Å². The first-order valence-electron chi connectivity index (χ1n) is 5.59. The minimum atomic E-state index is -4.18. The van der Waals surface area contributed by atoms with Crippen LogP contribution in [0.2, 0.25) is 0 Å². The van der Waals surface area contributed by atoms with Gasteiger partial charge >= 0.3 is 10.3 Å². The van der Waals surface area contributed by atoms with Crippen molar-refractivity contribution in [1.29, 1.82) is 0 Å². The summed E-state index contributed by atoms with van der Waals surface area (Å²) >= 11 is 0. The maximum absolute atomic E-state index is 10.9. The molecule has 0 aliphatic carbocycles. The van der Waals surface area contributed by atoms with Crippen LogP contribution in [0.15, 0.2) is 48.5 Å². The van der Waals surface area contributed by atoms with E-state index in [0.717, 1.165) is 0 Å².